The molecule has 6 nitrogen and oxygen atoms in total. The quantitative estimate of drug-likeness (QED) is 0.733. The Morgan fingerprint density at radius 3 is 2.48 bits per heavy atom. The van der Waals surface area contributed by atoms with Crippen molar-refractivity contribution in [2.24, 2.45) is 11.1 Å². The van der Waals surface area contributed by atoms with Crippen LogP contribution in [0.1, 0.15) is 38.2 Å². The molecular formula is C22H25BrN4O2. The maximum atomic E-state index is 13.4. The van der Waals surface area contributed by atoms with E-state index in [0.29, 0.717) is 49.7 Å². The van der Waals surface area contributed by atoms with Gasteiger partial charge in [0.25, 0.3) is 0 Å². The number of nitriles is 1. The van der Waals surface area contributed by atoms with Crippen LogP contribution < -0.4 is 5.73 Å². The fourth-order valence-corrected chi connectivity index (χ4v) is 4.82. The highest BCUT2D eigenvalue weighted by atomic mass is 79.9. The van der Waals surface area contributed by atoms with E-state index < -0.39 is 5.92 Å². The van der Waals surface area contributed by atoms with E-state index in [0.717, 1.165) is 22.2 Å². The summed E-state index contributed by atoms with van der Waals surface area (Å²) in [6.45, 7) is 6.77. The highest BCUT2D eigenvalue weighted by Crippen LogP contribution is 2.49. The average Bonchev–Trinajstić information content (AvgIpc) is 2.67. The number of nitrogens with two attached hydrogens (primary N) is 1. The van der Waals surface area contributed by atoms with Crippen molar-refractivity contribution in [3.8, 4) is 6.07 Å². The number of halogens is 1. The summed E-state index contributed by atoms with van der Waals surface area (Å²) in [4.78, 5) is 13.4. The highest BCUT2D eigenvalue weighted by molar-refractivity contribution is 9.10. The summed E-state index contributed by atoms with van der Waals surface area (Å²) < 4.78 is 6.45. The van der Waals surface area contributed by atoms with Crippen LogP contribution in [0, 0.1) is 16.7 Å². The second-order valence-corrected chi connectivity index (χ2v) is 9.49. The molecule has 29 heavy (non-hydrogen) atoms. The van der Waals surface area contributed by atoms with Gasteiger partial charge < -0.3 is 10.5 Å². The molecule has 152 valence electrons. The Kier molecular flexibility index (Phi) is 5.28. The van der Waals surface area contributed by atoms with E-state index in [1.54, 1.807) is 0 Å². The number of morpholine rings is 1. The number of hydrogen-bond donors (Lipinski definition) is 1. The molecule has 0 spiro atoms. The van der Waals surface area contributed by atoms with Crippen molar-refractivity contribution in [2.75, 3.05) is 26.3 Å². The smallest absolute Gasteiger partial charge is 0.162 e. The Labute approximate surface area is 179 Å². The van der Waals surface area contributed by atoms with Gasteiger partial charge in [-0.2, -0.15) is 5.26 Å². The highest BCUT2D eigenvalue weighted by Gasteiger charge is 2.45. The van der Waals surface area contributed by atoms with Gasteiger partial charge in [0.05, 0.1) is 30.8 Å². The van der Waals surface area contributed by atoms with Crippen molar-refractivity contribution in [1.82, 2.24) is 10.0 Å². The summed E-state index contributed by atoms with van der Waals surface area (Å²) in [5.74, 6) is 0.0956. The number of allylic oxidation sites excluding steroid dienone is 3. The van der Waals surface area contributed by atoms with Crippen LogP contribution in [0.25, 0.3) is 0 Å². The first-order chi connectivity index (χ1) is 13.8. The number of rotatable bonds is 2. The normalized spacial score (nSPS) is 25.1. The minimum absolute atomic E-state index is 0.0997. The van der Waals surface area contributed by atoms with Crippen LogP contribution in [0.4, 0.5) is 0 Å². The van der Waals surface area contributed by atoms with Crippen molar-refractivity contribution in [3.05, 3.63) is 57.0 Å². The van der Waals surface area contributed by atoms with Crippen LogP contribution >= 0.6 is 15.9 Å². The second kappa shape index (κ2) is 7.60. The van der Waals surface area contributed by atoms with Gasteiger partial charge in [0.15, 0.2) is 5.78 Å². The molecule has 0 amide bonds. The first kappa shape index (κ1) is 20.1. The first-order valence-electron chi connectivity index (χ1n) is 9.86. The molecule has 2 aliphatic heterocycles. The van der Waals surface area contributed by atoms with Gasteiger partial charge in [0.1, 0.15) is 5.82 Å². The Bertz CT molecular complexity index is 937. The van der Waals surface area contributed by atoms with E-state index in [2.05, 4.69) is 40.9 Å². The molecule has 1 unspecified atom stereocenters. The lowest BCUT2D eigenvalue weighted by atomic mass is 9.69. The summed E-state index contributed by atoms with van der Waals surface area (Å²) in [5.41, 5.74) is 9.44. The molecule has 1 saturated heterocycles. The van der Waals surface area contributed by atoms with Gasteiger partial charge in [-0.1, -0.05) is 41.9 Å². The number of carbonyl (C=O) groups is 1. The van der Waals surface area contributed by atoms with E-state index >= 15 is 0 Å². The van der Waals surface area contributed by atoms with Gasteiger partial charge in [-0.3, -0.25) is 9.80 Å². The zero-order chi connectivity index (χ0) is 20.8. The maximum absolute atomic E-state index is 13.4. The van der Waals surface area contributed by atoms with Gasteiger partial charge >= 0.3 is 0 Å². The van der Waals surface area contributed by atoms with Crippen LogP contribution in [0.3, 0.4) is 0 Å². The second-order valence-electron chi connectivity index (χ2n) is 8.57. The van der Waals surface area contributed by atoms with E-state index in [1.165, 1.54) is 0 Å². The monoisotopic (exact) mass is 456 g/mol. The van der Waals surface area contributed by atoms with Crippen LogP contribution in [0.2, 0.25) is 0 Å². The van der Waals surface area contributed by atoms with Crippen molar-refractivity contribution >= 4 is 21.7 Å². The number of hydrazine groups is 1. The number of ether oxygens (including phenoxy) is 1. The zero-order valence-electron chi connectivity index (χ0n) is 16.7. The van der Waals surface area contributed by atoms with E-state index in [4.69, 9.17) is 10.5 Å². The molecule has 0 saturated carbocycles. The maximum Gasteiger partial charge on any atom is 0.162 e. The molecule has 1 aliphatic carbocycles. The topological polar surface area (TPSA) is 82.6 Å². The molecule has 4 rings (SSSR count). The van der Waals surface area contributed by atoms with Crippen LogP contribution in [-0.4, -0.2) is 42.1 Å². The molecule has 1 fully saturated rings. The SMILES string of the molecule is CC1(C)CC(=O)C2=C(C1)N(N1CCOCC1)C(N)=C(C#N)C2c1ccc(Br)cc1. The van der Waals surface area contributed by atoms with Gasteiger partial charge in [0, 0.05) is 35.3 Å². The minimum atomic E-state index is -0.427. The van der Waals surface area contributed by atoms with Crippen LogP contribution in [0.15, 0.2) is 51.4 Å². The van der Waals surface area contributed by atoms with Gasteiger partial charge in [-0.05, 0) is 29.5 Å². The summed E-state index contributed by atoms with van der Waals surface area (Å²) in [5, 5.41) is 14.1. The third-order valence-electron chi connectivity index (χ3n) is 5.83. The molecule has 7 heteroatoms. The number of carbonyl (C=O) groups excluding carboxylic acids is 1. The Morgan fingerprint density at radius 2 is 1.86 bits per heavy atom. The van der Waals surface area contributed by atoms with Crippen molar-refractivity contribution < 1.29 is 9.53 Å². The molecular weight excluding hydrogens is 432 g/mol. The molecule has 2 heterocycles. The fraction of sp³-hybridized carbons (Fsp3) is 0.455. The third kappa shape index (κ3) is 3.61. The summed E-state index contributed by atoms with van der Waals surface area (Å²) in [6.07, 6.45) is 1.20. The lowest BCUT2D eigenvalue weighted by Gasteiger charge is -2.48. The molecule has 3 aliphatic rings. The predicted molar refractivity (Wildman–Crippen MR) is 113 cm³/mol. The van der Waals surface area contributed by atoms with Gasteiger partial charge in [-0.15, -0.1) is 0 Å². The first-order valence-corrected chi connectivity index (χ1v) is 10.7. The molecule has 0 aromatic heterocycles. The van der Waals surface area contributed by atoms with Crippen LogP contribution in [-0.2, 0) is 9.53 Å². The average molecular weight is 457 g/mol. The van der Waals surface area contributed by atoms with Crippen molar-refractivity contribution in [2.45, 2.75) is 32.6 Å². The summed E-state index contributed by atoms with van der Waals surface area (Å²) in [7, 11) is 0. The van der Waals surface area contributed by atoms with Gasteiger partial charge in [-0.25, -0.2) is 5.01 Å². The molecule has 0 radical (unpaired) electrons. The molecule has 1 aromatic rings. The number of nitrogens with zero attached hydrogens (tertiary/aromatic N) is 3. The molecule has 2 N–H and O–H groups in total. The molecule has 1 aromatic carbocycles. The van der Waals surface area contributed by atoms with Crippen molar-refractivity contribution in [1.29, 1.82) is 5.26 Å². The van der Waals surface area contributed by atoms with Gasteiger partial charge in [0.2, 0.25) is 0 Å². The fourth-order valence-electron chi connectivity index (χ4n) is 4.56. The largest absolute Gasteiger partial charge is 0.383 e. The Morgan fingerprint density at radius 1 is 1.21 bits per heavy atom. The lowest BCUT2D eigenvalue weighted by Crippen LogP contribution is -2.53. The number of Topliss-reactive ketones (excluding diaryl/α,β-unsaturated/α-hetero) is 1. The van der Waals surface area contributed by atoms with Crippen LogP contribution in [0.5, 0.6) is 0 Å². The molecule has 1 atom stereocenters. The number of ketones is 1. The Balaban J connectivity index is 1.91. The summed E-state index contributed by atoms with van der Waals surface area (Å²) >= 11 is 3.46. The number of hydrogen-bond acceptors (Lipinski definition) is 6. The van der Waals surface area contributed by atoms with E-state index in [-0.39, 0.29) is 11.2 Å². The zero-order valence-corrected chi connectivity index (χ0v) is 18.3. The summed E-state index contributed by atoms with van der Waals surface area (Å²) in [6, 6.07) is 10.1. The molecule has 0 bridgehead atoms. The standard InChI is InChI=1S/C22H25BrN4O2/c1-22(2)11-17-20(18(28)12-22)19(14-3-5-15(23)6-4-14)16(13-24)21(25)27(17)26-7-9-29-10-8-26/h3-6,19H,7-12,25H2,1-2H3. The van der Waals surface area contributed by atoms with E-state index in [9.17, 15) is 10.1 Å². The predicted octanol–water partition coefficient (Wildman–Crippen LogP) is 3.43. The minimum Gasteiger partial charge on any atom is -0.383 e. The van der Waals surface area contributed by atoms with E-state index in [1.807, 2.05) is 29.3 Å². The lowest BCUT2D eigenvalue weighted by molar-refractivity contribution is -0.119. The number of benzene rings is 1. The van der Waals surface area contributed by atoms with Crippen molar-refractivity contribution in [3.63, 3.8) is 0 Å². The Hall–Kier alpha value is -2.14. The third-order valence-corrected chi connectivity index (χ3v) is 6.36.